The van der Waals surface area contributed by atoms with E-state index >= 15 is 0 Å². The monoisotopic (exact) mass is 234 g/mol. The lowest BCUT2D eigenvalue weighted by Gasteiger charge is -2.24. The molecule has 0 heterocycles. The van der Waals surface area contributed by atoms with E-state index in [0.29, 0.717) is 0 Å². The number of halogens is 3. The van der Waals surface area contributed by atoms with Gasteiger partial charge in [-0.3, -0.25) is 0 Å². The van der Waals surface area contributed by atoms with Crippen LogP contribution in [-0.2, 0) is 0 Å². The Labute approximate surface area is 87.4 Å². The van der Waals surface area contributed by atoms with E-state index in [4.69, 9.17) is 39.9 Å². The van der Waals surface area contributed by atoms with Crippen LogP contribution in [0.5, 0.6) is 0 Å². The lowest BCUT2D eigenvalue weighted by molar-refractivity contribution is 0.0577. The van der Waals surface area contributed by atoms with Crippen molar-refractivity contribution in [3.8, 4) is 0 Å². The van der Waals surface area contributed by atoms with Crippen molar-refractivity contribution in [1.82, 2.24) is 0 Å². The highest BCUT2D eigenvalue weighted by Crippen LogP contribution is 2.20. The second kappa shape index (κ2) is 5.51. The average molecular weight is 236 g/mol. The molecule has 0 aromatic heterocycles. The third kappa shape index (κ3) is 4.73. The molecule has 0 aliphatic carbocycles. The Bertz CT molecular complexity index is 130. The highest BCUT2D eigenvalue weighted by Gasteiger charge is 2.27. The van der Waals surface area contributed by atoms with E-state index in [1.807, 2.05) is 0 Å². The normalized spacial score (nSPS) is 21.5. The molecule has 0 fully saturated rings. The first-order chi connectivity index (χ1) is 5.43. The van der Waals surface area contributed by atoms with E-state index in [1.165, 1.54) is 0 Å². The second-order valence-corrected chi connectivity index (χ2v) is 4.21. The quantitative estimate of drug-likeness (QED) is 0.710. The zero-order valence-electron chi connectivity index (χ0n) is 6.80. The molecule has 0 spiro atoms. The largest absolute Gasteiger partial charge is 0.390 e. The minimum absolute atomic E-state index is 0.0620. The molecule has 0 aromatic rings. The van der Waals surface area contributed by atoms with Crippen molar-refractivity contribution in [2.75, 3.05) is 11.8 Å². The van der Waals surface area contributed by atoms with Crippen LogP contribution in [0.3, 0.4) is 0 Å². The van der Waals surface area contributed by atoms with Crippen LogP contribution in [0.2, 0.25) is 0 Å². The zero-order valence-corrected chi connectivity index (χ0v) is 9.07. The average Bonchev–Trinajstić information content (AvgIpc) is 2.02. The second-order valence-electron chi connectivity index (χ2n) is 3.07. The highest BCUT2D eigenvalue weighted by atomic mass is 35.5. The fourth-order valence-electron chi connectivity index (χ4n) is 0.707. The van der Waals surface area contributed by atoms with Crippen LogP contribution in [0.4, 0.5) is 0 Å². The molecular weight excluding hydrogens is 222 g/mol. The predicted molar refractivity (Wildman–Crippen MR) is 52.3 cm³/mol. The maximum atomic E-state index is 9.47. The minimum atomic E-state index is -1.04. The first-order valence-corrected chi connectivity index (χ1v) is 5.10. The van der Waals surface area contributed by atoms with E-state index in [1.54, 1.807) is 6.92 Å². The SMILES string of the molecule is CC(O)(CCl)CC(Cl)C(O)CCl. The van der Waals surface area contributed by atoms with Gasteiger partial charge in [0.1, 0.15) is 0 Å². The molecule has 0 saturated heterocycles. The van der Waals surface area contributed by atoms with Gasteiger partial charge in [-0.15, -0.1) is 34.8 Å². The number of alkyl halides is 3. The van der Waals surface area contributed by atoms with E-state index in [9.17, 15) is 5.11 Å². The van der Waals surface area contributed by atoms with Crippen LogP contribution in [-0.4, -0.2) is 39.1 Å². The summed E-state index contributed by atoms with van der Waals surface area (Å²) < 4.78 is 0. The van der Waals surface area contributed by atoms with Crippen molar-refractivity contribution in [3.05, 3.63) is 0 Å². The topological polar surface area (TPSA) is 40.5 Å². The first kappa shape index (κ1) is 12.8. The summed E-state index contributed by atoms with van der Waals surface area (Å²) in [7, 11) is 0. The van der Waals surface area contributed by atoms with E-state index in [2.05, 4.69) is 0 Å². The molecule has 3 unspecified atom stereocenters. The number of hydrogen-bond donors (Lipinski definition) is 2. The molecule has 0 bridgehead atoms. The summed E-state index contributed by atoms with van der Waals surface area (Å²) >= 11 is 16.6. The molecule has 74 valence electrons. The smallest absolute Gasteiger partial charge is 0.0839 e. The van der Waals surface area contributed by atoms with Crippen molar-refractivity contribution in [3.63, 3.8) is 0 Å². The Hall–Kier alpha value is 0.790. The van der Waals surface area contributed by atoms with Gasteiger partial charge < -0.3 is 10.2 Å². The summed E-state index contributed by atoms with van der Waals surface area (Å²) in [4.78, 5) is 0. The fourth-order valence-corrected chi connectivity index (χ4v) is 1.54. The van der Waals surface area contributed by atoms with E-state index < -0.39 is 17.1 Å². The molecular formula is C7H13Cl3O2. The van der Waals surface area contributed by atoms with Gasteiger partial charge in [-0.2, -0.15) is 0 Å². The summed E-state index contributed by atoms with van der Waals surface area (Å²) in [5.41, 5.74) is -1.04. The van der Waals surface area contributed by atoms with Gasteiger partial charge in [0.05, 0.1) is 23.0 Å². The predicted octanol–water partition coefficient (Wildman–Crippen LogP) is 1.57. The van der Waals surface area contributed by atoms with E-state index in [0.717, 1.165) is 0 Å². The first-order valence-electron chi connectivity index (χ1n) is 3.59. The molecule has 0 rings (SSSR count). The Kier molecular flexibility index (Phi) is 5.87. The lowest BCUT2D eigenvalue weighted by atomic mass is 10.0. The molecule has 12 heavy (non-hydrogen) atoms. The number of aliphatic hydroxyl groups excluding tert-OH is 1. The molecule has 0 amide bonds. The fraction of sp³-hybridized carbons (Fsp3) is 1.00. The molecule has 0 aliphatic heterocycles. The van der Waals surface area contributed by atoms with Crippen LogP contribution in [0.15, 0.2) is 0 Å². The summed E-state index contributed by atoms with van der Waals surface area (Å²) in [6.45, 7) is 1.57. The minimum Gasteiger partial charge on any atom is -0.390 e. The third-order valence-electron chi connectivity index (χ3n) is 1.50. The van der Waals surface area contributed by atoms with Gasteiger partial charge in [0, 0.05) is 5.88 Å². The van der Waals surface area contributed by atoms with Crippen LogP contribution in [0.1, 0.15) is 13.3 Å². The van der Waals surface area contributed by atoms with Gasteiger partial charge in [-0.05, 0) is 13.3 Å². The number of hydrogen-bond acceptors (Lipinski definition) is 2. The van der Waals surface area contributed by atoms with Crippen molar-refractivity contribution in [2.24, 2.45) is 0 Å². The Morgan fingerprint density at radius 2 is 1.92 bits per heavy atom. The molecule has 2 nitrogen and oxygen atoms in total. The van der Waals surface area contributed by atoms with Crippen molar-refractivity contribution < 1.29 is 10.2 Å². The standard InChI is InChI=1S/C7H13Cl3O2/c1-7(12,4-9)2-5(10)6(11)3-8/h5-6,11-12H,2-4H2,1H3. The summed E-state index contributed by atoms with van der Waals surface area (Å²) in [5.74, 6) is 0.151. The van der Waals surface area contributed by atoms with Gasteiger partial charge in [-0.1, -0.05) is 0 Å². The summed E-state index contributed by atoms with van der Waals surface area (Å²) in [6.07, 6.45) is -0.575. The molecule has 3 atom stereocenters. The van der Waals surface area contributed by atoms with Crippen LogP contribution >= 0.6 is 34.8 Å². The molecule has 0 aromatic carbocycles. The Morgan fingerprint density at radius 3 is 2.25 bits per heavy atom. The van der Waals surface area contributed by atoms with Crippen molar-refractivity contribution in [2.45, 2.75) is 30.4 Å². The van der Waals surface area contributed by atoms with E-state index in [-0.39, 0.29) is 18.2 Å². The molecule has 5 heteroatoms. The number of rotatable bonds is 5. The van der Waals surface area contributed by atoms with Gasteiger partial charge in [0.25, 0.3) is 0 Å². The molecule has 0 radical (unpaired) electrons. The van der Waals surface area contributed by atoms with Gasteiger partial charge in [0.2, 0.25) is 0 Å². The Morgan fingerprint density at radius 1 is 1.42 bits per heavy atom. The van der Waals surface area contributed by atoms with Crippen molar-refractivity contribution >= 4 is 34.8 Å². The Balaban J connectivity index is 3.90. The maximum Gasteiger partial charge on any atom is 0.0839 e. The summed E-state index contributed by atoms with van der Waals surface area (Å²) in [5, 5.41) is 18.1. The van der Waals surface area contributed by atoms with Gasteiger partial charge in [-0.25, -0.2) is 0 Å². The van der Waals surface area contributed by atoms with Crippen LogP contribution in [0, 0.1) is 0 Å². The third-order valence-corrected chi connectivity index (χ3v) is 2.84. The van der Waals surface area contributed by atoms with Crippen LogP contribution < -0.4 is 0 Å². The maximum absolute atomic E-state index is 9.47. The summed E-state index contributed by atoms with van der Waals surface area (Å²) in [6, 6.07) is 0. The molecule has 0 aliphatic rings. The number of aliphatic hydroxyl groups is 2. The lowest BCUT2D eigenvalue weighted by Crippen LogP contribution is -2.35. The zero-order chi connectivity index (χ0) is 9.78. The van der Waals surface area contributed by atoms with Crippen molar-refractivity contribution in [1.29, 1.82) is 0 Å². The molecule has 0 saturated carbocycles. The van der Waals surface area contributed by atoms with Crippen LogP contribution in [0.25, 0.3) is 0 Å². The molecule has 2 N–H and O–H groups in total. The van der Waals surface area contributed by atoms with Gasteiger partial charge >= 0.3 is 0 Å². The highest BCUT2D eigenvalue weighted by molar-refractivity contribution is 6.23. The van der Waals surface area contributed by atoms with Gasteiger partial charge in [0.15, 0.2) is 0 Å².